The summed E-state index contributed by atoms with van der Waals surface area (Å²) in [5, 5.41) is 30.9. The maximum absolute atomic E-state index is 12.4. The minimum Gasteiger partial charge on any atom is -0.492 e. The van der Waals surface area contributed by atoms with E-state index in [0.717, 1.165) is 0 Å². The predicted molar refractivity (Wildman–Crippen MR) is 112 cm³/mol. The first-order chi connectivity index (χ1) is 15.2. The fraction of sp³-hybridized carbons (Fsp3) is 0.250. The molecule has 0 fully saturated rings. The largest absolute Gasteiger partial charge is 0.492 e. The molecule has 12 nitrogen and oxygen atoms in total. The van der Waals surface area contributed by atoms with Crippen molar-refractivity contribution in [3.8, 4) is 5.88 Å². The lowest BCUT2D eigenvalue weighted by atomic mass is 9.94. The van der Waals surface area contributed by atoms with E-state index in [1.54, 1.807) is 24.3 Å². The predicted octanol–water partition coefficient (Wildman–Crippen LogP) is 1.46. The molecule has 0 saturated carbocycles. The van der Waals surface area contributed by atoms with Crippen LogP contribution >= 0.6 is 0 Å². The lowest BCUT2D eigenvalue weighted by Gasteiger charge is -2.11. The zero-order valence-electron chi connectivity index (χ0n) is 16.7. The first kappa shape index (κ1) is 22.3. The molecule has 12 heteroatoms. The summed E-state index contributed by atoms with van der Waals surface area (Å²) in [6.45, 7) is 0.260. The number of hydrogen-bond donors (Lipinski definition) is 5. The van der Waals surface area contributed by atoms with Crippen LogP contribution in [0.15, 0.2) is 30.5 Å². The monoisotopic (exact) mass is 440 g/mol. The number of nitrogens with two attached hydrogens (primary N) is 1. The number of aromatic hydroxyl groups is 1. The normalized spacial score (nSPS) is 11.8. The summed E-state index contributed by atoms with van der Waals surface area (Å²) in [6, 6.07) is 6.40. The van der Waals surface area contributed by atoms with Gasteiger partial charge < -0.3 is 26.4 Å². The summed E-state index contributed by atoms with van der Waals surface area (Å²) in [7, 11) is 0. The van der Waals surface area contributed by atoms with E-state index < -0.39 is 17.9 Å². The highest BCUT2D eigenvalue weighted by Gasteiger charge is 2.22. The van der Waals surface area contributed by atoms with Gasteiger partial charge in [0.25, 0.3) is 0 Å². The number of hydrogen-bond acceptors (Lipinski definition) is 10. The van der Waals surface area contributed by atoms with Gasteiger partial charge in [-0.05, 0) is 30.7 Å². The topological polar surface area (TPSA) is 202 Å². The van der Waals surface area contributed by atoms with Crippen LogP contribution in [-0.2, 0) is 16.1 Å². The van der Waals surface area contributed by atoms with E-state index in [-0.39, 0.29) is 54.6 Å². The van der Waals surface area contributed by atoms with E-state index in [2.05, 4.69) is 25.3 Å². The van der Waals surface area contributed by atoms with Crippen LogP contribution < -0.4 is 11.1 Å². The molecule has 32 heavy (non-hydrogen) atoms. The first-order valence-corrected chi connectivity index (χ1v) is 9.52. The Hall–Kier alpha value is -4.35. The van der Waals surface area contributed by atoms with Gasteiger partial charge in [-0.3, -0.25) is 14.4 Å². The SMILES string of the molecule is Nc1nc(O)c2nc(CNc3ccc(C(=O)CC(CCC(=O)O)C(=O)O)cc3)cnc2n1. The van der Waals surface area contributed by atoms with Crippen LogP contribution in [0.3, 0.4) is 0 Å². The molecule has 0 aliphatic rings. The summed E-state index contributed by atoms with van der Waals surface area (Å²) in [5.74, 6) is -4.23. The molecule has 0 aliphatic heterocycles. The van der Waals surface area contributed by atoms with Crippen molar-refractivity contribution in [1.29, 1.82) is 0 Å². The number of aromatic nitrogens is 4. The van der Waals surface area contributed by atoms with E-state index in [4.69, 9.17) is 10.8 Å². The lowest BCUT2D eigenvalue weighted by molar-refractivity contribution is -0.142. The maximum Gasteiger partial charge on any atom is 0.306 e. The molecule has 2 heterocycles. The Morgan fingerprint density at radius 2 is 1.78 bits per heavy atom. The van der Waals surface area contributed by atoms with Gasteiger partial charge in [-0.2, -0.15) is 9.97 Å². The second-order valence-electron chi connectivity index (χ2n) is 6.96. The number of carbonyl (C=O) groups excluding carboxylic acids is 1. The number of benzene rings is 1. The van der Waals surface area contributed by atoms with Gasteiger partial charge in [0.2, 0.25) is 11.8 Å². The number of aliphatic carboxylic acids is 2. The molecule has 6 N–H and O–H groups in total. The smallest absolute Gasteiger partial charge is 0.306 e. The van der Waals surface area contributed by atoms with Gasteiger partial charge in [0.15, 0.2) is 16.9 Å². The van der Waals surface area contributed by atoms with Gasteiger partial charge in [-0.1, -0.05) is 0 Å². The van der Waals surface area contributed by atoms with E-state index >= 15 is 0 Å². The number of carbonyl (C=O) groups is 3. The Balaban J connectivity index is 1.62. The second-order valence-corrected chi connectivity index (χ2v) is 6.96. The molecule has 0 amide bonds. The third-order valence-electron chi connectivity index (χ3n) is 4.62. The first-order valence-electron chi connectivity index (χ1n) is 9.52. The fourth-order valence-corrected chi connectivity index (χ4v) is 2.95. The number of ketones is 1. The Kier molecular flexibility index (Phi) is 6.73. The molecule has 3 rings (SSSR count). The Bertz CT molecular complexity index is 1170. The highest BCUT2D eigenvalue weighted by molar-refractivity contribution is 5.98. The zero-order chi connectivity index (χ0) is 23.3. The number of rotatable bonds is 10. The van der Waals surface area contributed by atoms with Crippen LogP contribution in [0.25, 0.3) is 11.2 Å². The van der Waals surface area contributed by atoms with Gasteiger partial charge in [-0.25, -0.2) is 9.97 Å². The highest BCUT2D eigenvalue weighted by Crippen LogP contribution is 2.20. The minimum atomic E-state index is -1.20. The molecule has 0 bridgehead atoms. The van der Waals surface area contributed by atoms with Crippen LogP contribution in [0.1, 0.15) is 35.3 Å². The molecule has 2 aromatic heterocycles. The molecule has 3 aromatic rings. The van der Waals surface area contributed by atoms with E-state index in [1.807, 2.05) is 0 Å². The van der Waals surface area contributed by atoms with Crippen molar-refractivity contribution < 1.29 is 29.7 Å². The van der Waals surface area contributed by atoms with E-state index in [0.29, 0.717) is 16.9 Å². The highest BCUT2D eigenvalue weighted by atomic mass is 16.4. The number of nitrogens with one attached hydrogen (secondary N) is 1. The molecule has 0 spiro atoms. The summed E-state index contributed by atoms with van der Waals surface area (Å²) in [6.07, 6.45) is 0.762. The molecule has 0 saturated heterocycles. The lowest BCUT2D eigenvalue weighted by Crippen LogP contribution is -2.19. The van der Waals surface area contributed by atoms with Crippen molar-refractivity contribution in [2.45, 2.75) is 25.8 Å². The summed E-state index contributed by atoms with van der Waals surface area (Å²) >= 11 is 0. The fourth-order valence-electron chi connectivity index (χ4n) is 2.95. The summed E-state index contributed by atoms with van der Waals surface area (Å²) in [4.78, 5) is 50.2. The molecule has 166 valence electrons. The van der Waals surface area contributed by atoms with Crippen molar-refractivity contribution in [1.82, 2.24) is 19.9 Å². The third-order valence-corrected chi connectivity index (χ3v) is 4.62. The van der Waals surface area contributed by atoms with E-state index in [1.165, 1.54) is 6.20 Å². The molecule has 0 aliphatic carbocycles. The van der Waals surface area contributed by atoms with Crippen LogP contribution in [0.5, 0.6) is 5.88 Å². The molecule has 1 atom stereocenters. The van der Waals surface area contributed by atoms with Gasteiger partial charge in [0, 0.05) is 24.1 Å². The number of carboxylic acids is 2. The van der Waals surface area contributed by atoms with Gasteiger partial charge in [0.05, 0.1) is 24.4 Å². The molecule has 1 unspecified atom stereocenters. The van der Waals surface area contributed by atoms with Crippen molar-refractivity contribution in [3.05, 3.63) is 41.7 Å². The van der Waals surface area contributed by atoms with Crippen LogP contribution in [-0.4, -0.2) is 53.0 Å². The number of Topliss-reactive ketones (excluding diaryl/α,β-unsaturated/α-hetero) is 1. The number of nitrogen functional groups attached to an aromatic ring is 1. The summed E-state index contributed by atoms with van der Waals surface area (Å²) in [5.41, 5.74) is 7.25. The standard InChI is InChI=1S/C20H20N6O6/c21-20-25-17-16(18(30)26-20)24-13(9-23-17)8-22-12-4-1-10(2-5-12)14(27)7-11(19(31)32)3-6-15(28)29/h1-2,4-5,9,11,22H,3,6-8H2,(H,28,29)(H,31,32)(H3,21,23,25,26,30). The number of nitrogens with zero attached hydrogens (tertiary/aromatic N) is 4. The molecule has 1 aromatic carbocycles. The average Bonchev–Trinajstić information content (AvgIpc) is 2.75. The Morgan fingerprint density at radius 1 is 1.06 bits per heavy atom. The minimum absolute atomic E-state index is 0.110. The van der Waals surface area contributed by atoms with E-state index in [9.17, 15) is 24.6 Å². The number of anilines is 2. The maximum atomic E-state index is 12.4. The van der Waals surface area contributed by atoms with Gasteiger partial charge in [0.1, 0.15) is 0 Å². The quantitative estimate of drug-likeness (QED) is 0.284. The van der Waals surface area contributed by atoms with Crippen molar-refractivity contribution in [2.24, 2.45) is 5.92 Å². The molecular weight excluding hydrogens is 420 g/mol. The number of carboxylic acid groups (broad SMARTS) is 2. The van der Waals surface area contributed by atoms with Crippen molar-refractivity contribution in [3.63, 3.8) is 0 Å². The van der Waals surface area contributed by atoms with Crippen molar-refractivity contribution in [2.75, 3.05) is 11.1 Å². The van der Waals surface area contributed by atoms with Crippen LogP contribution in [0, 0.1) is 5.92 Å². The molecular formula is C20H20N6O6. The Labute approximate surface area is 181 Å². The third kappa shape index (κ3) is 5.62. The average molecular weight is 440 g/mol. The van der Waals surface area contributed by atoms with Crippen LogP contribution in [0.2, 0.25) is 0 Å². The Morgan fingerprint density at radius 3 is 2.44 bits per heavy atom. The van der Waals surface area contributed by atoms with Gasteiger partial charge >= 0.3 is 11.9 Å². The summed E-state index contributed by atoms with van der Waals surface area (Å²) < 4.78 is 0. The zero-order valence-corrected chi connectivity index (χ0v) is 16.7. The number of fused-ring (bicyclic) bond motifs is 1. The van der Waals surface area contributed by atoms with Crippen LogP contribution in [0.4, 0.5) is 11.6 Å². The molecule has 0 radical (unpaired) electrons. The van der Waals surface area contributed by atoms with Gasteiger partial charge in [-0.15, -0.1) is 0 Å². The second kappa shape index (κ2) is 9.64. The van der Waals surface area contributed by atoms with Crippen molar-refractivity contribution >= 4 is 40.5 Å².